The zero-order chi connectivity index (χ0) is 15.7. The third-order valence-electron chi connectivity index (χ3n) is 3.70. The predicted octanol–water partition coefficient (Wildman–Crippen LogP) is 1.62. The van der Waals surface area contributed by atoms with Gasteiger partial charge in [0.05, 0.1) is 36.0 Å². The molecule has 1 aliphatic rings. The zero-order valence-corrected chi connectivity index (χ0v) is 12.8. The number of aromatic amines is 1. The normalized spacial score (nSPS) is 20.2. The van der Waals surface area contributed by atoms with Crippen molar-refractivity contribution >= 4 is 10.0 Å². The second-order valence-corrected chi connectivity index (χ2v) is 7.02. The lowest BCUT2D eigenvalue weighted by atomic mass is 10.1. The van der Waals surface area contributed by atoms with E-state index in [0.717, 1.165) is 17.7 Å². The molecular formula is C14H16FN3O3S. The van der Waals surface area contributed by atoms with E-state index in [0.29, 0.717) is 12.3 Å². The number of hydrogen-bond acceptors (Lipinski definition) is 4. The second-order valence-electron chi connectivity index (χ2n) is 5.13. The molecule has 0 bridgehead atoms. The second kappa shape index (κ2) is 5.79. The van der Waals surface area contributed by atoms with E-state index in [4.69, 9.17) is 4.74 Å². The first-order chi connectivity index (χ1) is 10.5. The van der Waals surface area contributed by atoms with Crippen LogP contribution in [0.2, 0.25) is 0 Å². The Morgan fingerprint density at radius 3 is 2.73 bits per heavy atom. The van der Waals surface area contributed by atoms with E-state index in [9.17, 15) is 12.8 Å². The van der Waals surface area contributed by atoms with Crippen molar-refractivity contribution in [3.05, 3.63) is 47.5 Å². The Kier molecular flexibility index (Phi) is 3.98. The Balaban J connectivity index is 2.00. The van der Waals surface area contributed by atoms with Crippen molar-refractivity contribution in [1.29, 1.82) is 0 Å². The average Bonchev–Trinajstić information content (AvgIpc) is 2.94. The third kappa shape index (κ3) is 2.65. The van der Waals surface area contributed by atoms with Crippen molar-refractivity contribution in [2.24, 2.45) is 0 Å². The quantitative estimate of drug-likeness (QED) is 0.930. The van der Waals surface area contributed by atoms with Crippen LogP contribution >= 0.6 is 0 Å². The summed E-state index contributed by atoms with van der Waals surface area (Å²) in [6.45, 7) is 2.67. The molecule has 2 aromatic rings. The van der Waals surface area contributed by atoms with Gasteiger partial charge in [-0.15, -0.1) is 0 Å². The predicted molar refractivity (Wildman–Crippen MR) is 77.2 cm³/mol. The number of aryl methyl sites for hydroxylation is 1. The van der Waals surface area contributed by atoms with Gasteiger partial charge in [-0.25, -0.2) is 12.8 Å². The molecule has 2 heterocycles. The van der Waals surface area contributed by atoms with Crippen molar-refractivity contribution in [3.8, 4) is 0 Å². The highest BCUT2D eigenvalue weighted by Gasteiger charge is 2.36. The Morgan fingerprint density at radius 2 is 2.09 bits per heavy atom. The van der Waals surface area contributed by atoms with Crippen LogP contribution in [-0.4, -0.2) is 42.7 Å². The van der Waals surface area contributed by atoms with Crippen molar-refractivity contribution < 1.29 is 17.5 Å². The number of H-pyrrole nitrogens is 1. The lowest BCUT2D eigenvalue weighted by molar-refractivity contribution is 0.0303. The van der Waals surface area contributed by atoms with Gasteiger partial charge in [-0.3, -0.25) is 5.10 Å². The minimum atomic E-state index is -3.73. The van der Waals surface area contributed by atoms with Crippen molar-refractivity contribution in [2.45, 2.75) is 17.9 Å². The molecule has 0 amide bonds. The van der Waals surface area contributed by atoms with Crippen LogP contribution in [0.3, 0.4) is 0 Å². The summed E-state index contributed by atoms with van der Waals surface area (Å²) >= 11 is 0. The average molecular weight is 325 g/mol. The SMILES string of the molecule is Cc1cn[nH]c1[C@H]1COCCN1S(=O)(=O)c1ccc(F)cc1. The van der Waals surface area contributed by atoms with E-state index in [1.54, 1.807) is 6.20 Å². The topological polar surface area (TPSA) is 75.3 Å². The molecule has 1 fully saturated rings. The monoisotopic (exact) mass is 325 g/mol. The number of nitrogens with one attached hydrogen (secondary N) is 1. The largest absolute Gasteiger partial charge is 0.378 e. The smallest absolute Gasteiger partial charge is 0.243 e. The number of halogens is 1. The molecule has 6 nitrogen and oxygen atoms in total. The summed E-state index contributed by atoms with van der Waals surface area (Å²) in [5.41, 5.74) is 1.58. The molecule has 0 aliphatic carbocycles. The van der Waals surface area contributed by atoms with Gasteiger partial charge in [0.1, 0.15) is 5.82 Å². The van der Waals surface area contributed by atoms with E-state index in [1.807, 2.05) is 6.92 Å². The number of morpholine rings is 1. The van der Waals surface area contributed by atoms with Crippen LogP contribution in [0.5, 0.6) is 0 Å². The fraction of sp³-hybridized carbons (Fsp3) is 0.357. The van der Waals surface area contributed by atoms with Crippen LogP contribution in [0.4, 0.5) is 4.39 Å². The zero-order valence-electron chi connectivity index (χ0n) is 12.0. The number of sulfonamides is 1. The van der Waals surface area contributed by atoms with Crippen LogP contribution in [0, 0.1) is 12.7 Å². The molecule has 0 radical (unpaired) electrons. The van der Waals surface area contributed by atoms with Gasteiger partial charge in [-0.05, 0) is 36.8 Å². The number of benzene rings is 1. The van der Waals surface area contributed by atoms with Gasteiger partial charge >= 0.3 is 0 Å². The van der Waals surface area contributed by atoms with Crippen LogP contribution in [-0.2, 0) is 14.8 Å². The van der Waals surface area contributed by atoms with Crippen LogP contribution in [0.1, 0.15) is 17.3 Å². The summed E-state index contributed by atoms with van der Waals surface area (Å²) in [6.07, 6.45) is 1.65. The molecule has 1 aromatic heterocycles. The first kappa shape index (κ1) is 15.1. The summed E-state index contributed by atoms with van der Waals surface area (Å²) in [7, 11) is -3.73. The first-order valence-corrected chi connectivity index (χ1v) is 8.29. The molecule has 118 valence electrons. The molecule has 1 atom stereocenters. The molecule has 22 heavy (non-hydrogen) atoms. The van der Waals surface area contributed by atoms with E-state index >= 15 is 0 Å². The maximum Gasteiger partial charge on any atom is 0.243 e. The number of ether oxygens (including phenoxy) is 1. The highest BCUT2D eigenvalue weighted by atomic mass is 32.2. The molecule has 0 saturated carbocycles. The number of aromatic nitrogens is 2. The third-order valence-corrected chi connectivity index (χ3v) is 5.62. The minimum absolute atomic E-state index is 0.0676. The maximum atomic E-state index is 13.0. The lowest BCUT2D eigenvalue weighted by Gasteiger charge is -2.34. The van der Waals surface area contributed by atoms with Gasteiger partial charge in [0.15, 0.2) is 0 Å². The molecule has 0 unspecified atom stereocenters. The molecule has 1 aliphatic heterocycles. The highest BCUT2D eigenvalue weighted by Crippen LogP contribution is 2.30. The Labute approximate surface area is 128 Å². The van der Waals surface area contributed by atoms with Gasteiger partial charge in [0.25, 0.3) is 0 Å². The van der Waals surface area contributed by atoms with Gasteiger partial charge in [-0.1, -0.05) is 0 Å². The molecule has 0 spiro atoms. The summed E-state index contributed by atoms with van der Waals surface area (Å²) in [4.78, 5) is 0.0676. The molecule has 1 saturated heterocycles. The summed E-state index contributed by atoms with van der Waals surface area (Å²) in [5.74, 6) is -0.470. The van der Waals surface area contributed by atoms with Crippen molar-refractivity contribution in [1.82, 2.24) is 14.5 Å². The van der Waals surface area contributed by atoms with Crippen LogP contribution < -0.4 is 0 Å². The van der Waals surface area contributed by atoms with E-state index in [2.05, 4.69) is 10.2 Å². The first-order valence-electron chi connectivity index (χ1n) is 6.85. The molecule has 1 aromatic carbocycles. The summed E-state index contributed by atoms with van der Waals surface area (Å²) in [6, 6.07) is 4.37. The van der Waals surface area contributed by atoms with E-state index < -0.39 is 21.9 Å². The number of nitrogens with zero attached hydrogens (tertiary/aromatic N) is 2. The van der Waals surface area contributed by atoms with E-state index in [1.165, 1.54) is 16.4 Å². The number of hydrogen-bond donors (Lipinski definition) is 1. The van der Waals surface area contributed by atoms with Gasteiger partial charge in [0, 0.05) is 6.54 Å². The molecular weight excluding hydrogens is 309 g/mol. The molecule has 3 rings (SSSR count). The van der Waals surface area contributed by atoms with Gasteiger partial charge < -0.3 is 4.74 Å². The summed E-state index contributed by atoms with van der Waals surface area (Å²) < 4.78 is 45.5. The van der Waals surface area contributed by atoms with Gasteiger partial charge in [0.2, 0.25) is 10.0 Å². The fourth-order valence-electron chi connectivity index (χ4n) is 2.54. The van der Waals surface area contributed by atoms with Crippen molar-refractivity contribution in [3.63, 3.8) is 0 Å². The standard InChI is InChI=1S/C14H16FN3O3S/c1-10-8-16-17-14(10)13-9-21-7-6-18(13)22(19,20)12-4-2-11(15)3-5-12/h2-5,8,13H,6-7,9H2,1H3,(H,16,17)/t13-/m1/s1. The van der Waals surface area contributed by atoms with Crippen molar-refractivity contribution in [2.75, 3.05) is 19.8 Å². The Morgan fingerprint density at radius 1 is 1.36 bits per heavy atom. The van der Waals surface area contributed by atoms with E-state index in [-0.39, 0.29) is 18.0 Å². The molecule has 8 heteroatoms. The van der Waals surface area contributed by atoms with Crippen LogP contribution in [0.15, 0.2) is 35.4 Å². The fourth-order valence-corrected chi connectivity index (χ4v) is 4.11. The maximum absolute atomic E-state index is 13.0. The summed E-state index contributed by atoms with van der Waals surface area (Å²) in [5, 5.41) is 6.79. The molecule has 1 N–H and O–H groups in total. The Bertz CT molecular complexity index is 758. The lowest BCUT2D eigenvalue weighted by Crippen LogP contribution is -2.43. The van der Waals surface area contributed by atoms with Gasteiger partial charge in [-0.2, -0.15) is 9.40 Å². The number of rotatable bonds is 3. The highest BCUT2D eigenvalue weighted by molar-refractivity contribution is 7.89. The minimum Gasteiger partial charge on any atom is -0.378 e. The Hall–Kier alpha value is -1.77. The van der Waals surface area contributed by atoms with Crippen LogP contribution in [0.25, 0.3) is 0 Å².